The second-order valence-electron chi connectivity index (χ2n) is 2.14. The van der Waals surface area contributed by atoms with Crippen molar-refractivity contribution in [1.29, 1.82) is 5.26 Å². The van der Waals surface area contributed by atoms with Gasteiger partial charge in [-0.25, -0.2) is 4.21 Å². The first-order valence-corrected chi connectivity index (χ1v) is 4.25. The number of rotatable bonds is 1. The molecule has 0 spiro atoms. The van der Waals surface area contributed by atoms with Crippen molar-refractivity contribution in [2.75, 3.05) is 5.73 Å². The summed E-state index contributed by atoms with van der Waals surface area (Å²) in [5, 5.41) is 13.5. The molecule has 0 bridgehead atoms. The highest BCUT2D eigenvalue weighted by Gasteiger charge is 2.41. The molecule has 0 aliphatic carbocycles. The average Bonchev–Trinajstić information content (AvgIpc) is 2.43. The number of alkyl halides is 3. The third-order valence-electron chi connectivity index (χ3n) is 1.26. The van der Waals surface area contributed by atoms with Crippen LogP contribution in [0.15, 0.2) is 4.90 Å². The zero-order valence-corrected chi connectivity index (χ0v) is 7.24. The van der Waals surface area contributed by atoms with Crippen LogP contribution in [-0.2, 0) is 10.8 Å². The number of hydrogen-bond donors (Lipinski definition) is 2. The third-order valence-corrected chi connectivity index (χ3v) is 2.46. The van der Waals surface area contributed by atoms with Crippen LogP contribution in [0.1, 0.15) is 5.69 Å². The monoisotopic (exact) mass is 224 g/mol. The molecule has 0 aliphatic heterocycles. The maximum Gasteiger partial charge on any atom is 0.476 e. The van der Waals surface area contributed by atoms with Crippen molar-refractivity contribution in [3.05, 3.63) is 5.69 Å². The lowest BCUT2D eigenvalue weighted by Crippen LogP contribution is -2.17. The van der Waals surface area contributed by atoms with Crippen molar-refractivity contribution in [1.82, 2.24) is 10.2 Å². The molecule has 1 rings (SSSR count). The molecule has 9 heteroatoms. The number of nitrogens with zero attached hydrogens (tertiary/aromatic N) is 2. The second-order valence-corrected chi connectivity index (χ2v) is 3.55. The Bertz CT molecular complexity index is 418. The summed E-state index contributed by atoms with van der Waals surface area (Å²) in [6, 6.07) is 1.38. The highest BCUT2D eigenvalue weighted by atomic mass is 32.2. The van der Waals surface area contributed by atoms with E-state index in [-0.39, 0.29) is 0 Å². The Kier molecular flexibility index (Phi) is 2.48. The van der Waals surface area contributed by atoms with Gasteiger partial charge in [-0.3, -0.25) is 5.10 Å². The average molecular weight is 224 g/mol. The van der Waals surface area contributed by atoms with E-state index in [4.69, 9.17) is 11.0 Å². The summed E-state index contributed by atoms with van der Waals surface area (Å²) in [7, 11) is -3.33. The van der Waals surface area contributed by atoms with E-state index in [1.165, 1.54) is 6.07 Å². The molecule has 1 aromatic heterocycles. The maximum absolute atomic E-state index is 12.0. The highest BCUT2D eigenvalue weighted by molar-refractivity contribution is 7.86. The van der Waals surface area contributed by atoms with Crippen molar-refractivity contribution in [2.45, 2.75) is 10.4 Å². The van der Waals surface area contributed by atoms with Crippen molar-refractivity contribution in [3.63, 3.8) is 0 Å². The molecule has 0 fully saturated rings. The highest BCUT2D eigenvalue weighted by Crippen LogP contribution is 2.30. The number of anilines is 1. The molecule has 0 saturated carbocycles. The fourth-order valence-electron chi connectivity index (χ4n) is 0.725. The first-order valence-electron chi connectivity index (χ1n) is 3.10. The molecule has 3 N–H and O–H groups in total. The summed E-state index contributed by atoms with van der Waals surface area (Å²) in [6.07, 6.45) is 0. The van der Waals surface area contributed by atoms with Crippen molar-refractivity contribution < 1.29 is 17.4 Å². The summed E-state index contributed by atoms with van der Waals surface area (Å²) in [4.78, 5) is -0.819. The van der Waals surface area contributed by atoms with E-state index in [9.17, 15) is 17.4 Å². The Balaban J connectivity index is 3.27. The van der Waals surface area contributed by atoms with E-state index >= 15 is 0 Å². The molecule has 1 unspecified atom stereocenters. The van der Waals surface area contributed by atoms with Crippen LogP contribution >= 0.6 is 0 Å². The lowest BCUT2D eigenvalue weighted by atomic mass is 10.4. The van der Waals surface area contributed by atoms with Gasteiger partial charge in [-0.2, -0.15) is 23.5 Å². The lowest BCUT2D eigenvalue weighted by Gasteiger charge is -2.04. The summed E-state index contributed by atoms with van der Waals surface area (Å²) >= 11 is 0. The van der Waals surface area contributed by atoms with Crippen molar-refractivity contribution in [2.24, 2.45) is 0 Å². The molecule has 14 heavy (non-hydrogen) atoms. The third kappa shape index (κ3) is 1.69. The van der Waals surface area contributed by atoms with Gasteiger partial charge in [0.1, 0.15) is 11.0 Å². The van der Waals surface area contributed by atoms with E-state index in [0.29, 0.717) is 0 Å². The fourth-order valence-corrected chi connectivity index (χ4v) is 1.47. The molecular weight excluding hydrogens is 221 g/mol. The minimum Gasteiger partial charge on any atom is -0.381 e. The van der Waals surface area contributed by atoms with E-state index in [0.717, 1.165) is 0 Å². The summed E-state index contributed by atoms with van der Waals surface area (Å²) in [5.41, 5.74) is -0.470. The number of hydrogen-bond acceptors (Lipinski definition) is 4. The van der Waals surface area contributed by atoms with Crippen LogP contribution in [0.4, 0.5) is 19.0 Å². The van der Waals surface area contributed by atoms with Gasteiger partial charge in [0.25, 0.3) is 0 Å². The Labute approximate surface area is 78.2 Å². The number of nitrogens with one attached hydrogen (secondary N) is 1. The largest absolute Gasteiger partial charge is 0.476 e. The summed E-state index contributed by atoms with van der Waals surface area (Å²) in [5.74, 6) is -0.586. The normalized spacial score (nSPS) is 13.6. The van der Waals surface area contributed by atoms with Gasteiger partial charge in [0, 0.05) is 0 Å². The number of nitrogens with two attached hydrogens (primary N) is 1. The number of aromatic nitrogens is 2. The van der Waals surface area contributed by atoms with Gasteiger partial charge in [0.15, 0.2) is 22.3 Å². The van der Waals surface area contributed by atoms with Crippen molar-refractivity contribution in [3.8, 4) is 6.07 Å². The first-order chi connectivity index (χ1) is 6.38. The maximum atomic E-state index is 12.0. The van der Waals surface area contributed by atoms with Gasteiger partial charge >= 0.3 is 5.51 Å². The van der Waals surface area contributed by atoms with Crippen molar-refractivity contribution >= 4 is 16.6 Å². The number of H-pyrrole nitrogens is 1. The van der Waals surface area contributed by atoms with Crippen LogP contribution in [0, 0.1) is 11.3 Å². The predicted molar refractivity (Wildman–Crippen MR) is 40.2 cm³/mol. The van der Waals surface area contributed by atoms with Crippen LogP contribution in [0.25, 0.3) is 0 Å². The number of aromatic amines is 1. The first kappa shape index (κ1) is 10.5. The SMILES string of the molecule is N#Cc1[nH]nc(N)c1S(=O)C(F)(F)F. The quantitative estimate of drug-likeness (QED) is 0.725. The van der Waals surface area contributed by atoms with Crippen LogP contribution in [0.5, 0.6) is 0 Å². The van der Waals surface area contributed by atoms with E-state index in [1.807, 2.05) is 5.10 Å². The summed E-state index contributed by atoms with van der Waals surface area (Å²) in [6.45, 7) is 0. The van der Waals surface area contributed by atoms with Gasteiger partial charge in [0.05, 0.1) is 0 Å². The topological polar surface area (TPSA) is 95.6 Å². The zero-order valence-electron chi connectivity index (χ0n) is 6.42. The van der Waals surface area contributed by atoms with Crippen LogP contribution in [0.3, 0.4) is 0 Å². The molecule has 0 aromatic carbocycles. The molecule has 0 saturated heterocycles. The minimum atomic E-state index is -4.95. The van der Waals surface area contributed by atoms with E-state index < -0.39 is 32.7 Å². The molecular formula is C5H3F3N4OS. The molecule has 1 aromatic rings. The smallest absolute Gasteiger partial charge is 0.381 e. The Morgan fingerprint density at radius 3 is 2.57 bits per heavy atom. The molecule has 0 radical (unpaired) electrons. The van der Waals surface area contributed by atoms with Gasteiger partial charge in [0.2, 0.25) is 0 Å². The minimum absolute atomic E-state index is 0.543. The predicted octanol–water partition coefficient (Wildman–Crippen LogP) is 0.491. The van der Waals surface area contributed by atoms with Gasteiger partial charge in [-0.1, -0.05) is 0 Å². The molecule has 0 amide bonds. The molecule has 1 heterocycles. The Morgan fingerprint density at radius 2 is 2.14 bits per heavy atom. The Morgan fingerprint density at radius 1 is 1.57 bits per heavy atom. The van der Waals surface area contributed by atoms with Gasteiger partial charge < -0.3 is 5.73 Å². The molecule has 1 atom stereocenters. The van der Waals surface area contributed by atoms with E-state index in [1.54, 1.807) is 0 Å². The van der Waals surface area contributed by atoms with Crippen LogP contribution in [-0.4, -0.2) is 19.9 Å². The van der Waals surface area contributed by atoms with Crippen LogP contribution in [0.2, 0.25) is 0 Å². The van der Waals surface area contributed by atoms with Gasteiger partial charge in [-0.15, -0.1) is 0 Å². The number of halogens is 3. The summed E-state index contributed by atoms with van der Waals surface area (Å²) < 4.78 is 46.8. The number of nitriles is 1. The molecule has 76 valence electrons. The number of nitrogen functional groups attached to an aromatic ring is 1. The van der Waals surface area contributed by atoms with E-state index in [2.05, 4.69) is 5.10 Å². The fraction of sp³-hybridized carbons (Fsp3) is 0.200. The lowest BCUT2D eigenvalue weighted by molar-refractivity contribution is -0.0384. The standard InChI is InChI=1S/C5H3F3N4OS/c6-5(7,8)14(13)3-2(1-9)11-12-4(3)10/h(H3,10,11,12). The molecule has 5 nitrogen and oxygen atoms in total. The zero-order chi connectivity index (χ0) is 10.9. The van der Waals surface area contributed by atoms with Crippen LogP contribution < -0.4 is 5.73 Å². The Hall–Kier alpha value is -1.56. The second kappa shape index (κ2) is 3.30. The molecule has 0 aliphatic rings. The van der Waals surface area contributed by atoms with Gasteiger partial charge in [-0.05, 0) is 0 Å².